The Labute approximate surface area is 102 Å². The second kappa shape index (κ2) is 3.59. The Hall–Kier alpha value is -0.823. The lowest BCUT2D eigenvalue weighted by atomic mass is 9.81. The molecule has 16 heavy (non-hydrogen) atoms. The molecule has 1 aromatic carbocycles. The summed E-state index contributed by atoms with van der Waals surface area (Å²) < 4.78 is 0. The van der Waals surface area contributed by atoms with Crippen LogP contribution in [0, 0.1) is 6.92 Å². The largest absolute Gasteiger partial charge is 0.0840 e. The highest BCUT2D eigenvalue weighted by molar-refractivity contribution is 6.26. The van der Waals surface area contributed by atoms with Crippen molar-refractivity contribution in [1.82, 2.24) is 0 Å². The first-order valence-corrected chi connectivity index (χ1v) is 7.12. The van der Waals surface area contributed by atoms with Crippen molar-refractivity contribution in [3.05, 3.63) is 39.6 Å². The molecule has 0 fully saturated rings. The highest BCUT2D eigenvalue weighted by Gasteiger charge is 2.23. The van der Waals surface area contributed by atoms with E-state index in [2.05, 4.69) is 46.8 Å². The molecule has 0 saturated heterocycles. The Balaban J connectivity index is 2.66. The van der Waals surface area contributed by atoms with Crippen LogP contribution in [0.5, 0.6) is 0 Å². The van der Waals surface area contributed by atoms with E-state index in [1.54, 1.807) is 21.9 Å². The number of hydrogen-bond acceptors (Lipinski definition) is 0. The van der Waals surface area contributed by atoms with Crippen molar-refractivity contribution in [2.75, 3.05) is 0 Å². The molecule has 0 nitrogen and oxygen atoms in total. The van der Waals surface area contributed by atoms with Crippen LogP contribution in [0.15, 0.2) is 17.3 Å². The maximum atomic E-state index is 2.34. The van der Waals surface area contributed by atoms with Gasteiger partial charge in [0.1, 0.15) is 0 Å². The fraction of sp³-hybridized carbons (Fsp3) is 0.467. The van der Waals surface area contributed by atoms with Crippen molar-refractivity contribution in [3.63, 3.8) is 0 Å². The van der Waals surface area contributed by atoms with Crippen molar-refractivity contribution in [3.8, 4) is 0 Å². The van der Waals surface area contributed by atoms with Crippen LogP contribution in [-0.2, 0) is 11.8 Å². The Kier molecular flexibility index (Phi) is 2.62. The van der Waals surface area contributed by atoms with Crippen LogP contribution in [0.1, 0.15) is 49.9 Å². The molecule has 0 heterocycles. The first kappa shape index (κ1) is 11.7. The highest BCUT2D eigenvalue weighted by atomic mass is 28.1. The minimum absolute atomic E-state index is 0.257. The molecule has 0 aliphatic heterocycles. The topological polar surface area (TPSA) is 0 Å². The molecular weight excluding hydrogens is 208 g/mol. The van der Waals surface area contributed by atoms with Gasteiger partial charge in [0.05, 0.1) is 0 Å². The Morgan fingerprint density at radius 2 is 1.75 bits per heavy atom. The summed E-state index contributed by atoms with van der Waals surface area (Å²) in [5, 5.41) is 1.67. The second-order valence-corrected chi connectivity index (χ2v) is 7.31. The van der Waals surface area contributed by atoms with Gasteiger partial charge in [-0.25, -0.2) is 0 Å². The van der Waals surface area contributed by atoms with Crippen molar-refractivity contribution in [1.29, 1.82) is 0 Å². The van der Waals surface area contributed by atoms with Gasteiger partial charge in [-0.3, -0.25) is 0 Å². The molecule has 0 N–H and O–H groups in total. The van der Waals surface area contributed by atoms with E-state index in [-0.39, 0.29) is 5.41 Å². The molecule has 1 aliphatic rings. The third-order valence-electron chi connectivity index (χ3n) is 3.83. The van der Waals surface area contributed by atoms with Crippen LogP contribution >= 0.6 is 0 Å². The van der Waals surface area contributed by atoms with Gasteiger partial charge in [0.2, 0.25) is 0 Å². The monoisotopic (exact) mass is 230 g/mol. The van der Waals surface area contributed by atoms with Gasteiger partial charge >= 0.3 is 0 Å². The van der Waals surface area contributed by atoms with Gasteiger partial charge in [-0.05, 0) is 53.5 Å². The smallest absolute Gasteiger partial charge is 0.0341 e. The second-order valence-electron chi connectivity index (χ2n) is 6.10. The molecule has 0 saturated carbocycles. The predicted molar refractivity (Wildman–Crippen MR) is 76.1 cm³/mol. The molecule has 2 rings (SSSR count). The SMILES string of the molecule is CC1=C([SiH3])Cc2ccc(C(C)(C)C)c(C)c21. The zero-order valence-corrected chi connectivity index (χ0v) is 13.4. The molecule has 0 bridgehead atoms. The summed E-state index contributed by atoms with van der Waals surface area (Å²) in [6.45, 7) is 11.5. The van der Waals surface area contributed by atoms with E-state index in [0.29, 0.717) is 0 Å². The zero-order chi connectivity index (χ0) is 12.1. The number of hydrogen-bond donors (Lipinski definition) is 0. The van der Waals surface area contributed by atoms with Crippen LogP contribution in [0.3, 0.4) is 0 Å². The van der Waals surface area contributed by atoms with Crippen molar-refractivity contribution < 1.29 is 0 Å². The molecule has 1 aromatic rings. The molecule has 86 valence electrons. The zero-order valence-electron chi connectivity index (χ0n) is 11.4. The molecule has 0 atom stereocenters. The summed E-state index contributed by atoms with van der Waals surface area (Å²) in [4.78, 5) is 0. The van der Waals surface area contributed by atoms with Gasteiger partial charge in [-0.2, -0.15) is 0 Å². The van der Waals surface area contributed by atoms with Crippen LogP contribution in [0.2, 0.25) is 0 Å². The Bertz CT molecular complexity index is 473. The number of benzene rings is 1. The summed E-state index contributed by atoms with van der Waals surface area (Å²) in [6.07, 6.45) is 1.21. The fourth-order valence-corrected chi connectivity index (χ4v) is 3.51. The Morgan fingerprint density at radius 1 is 1.12 bits per heavy atom. The highest BCUT2D eigenvalue weighted by Crippen LogP contribution is 2.38. The lowest BCUT2D eigenvalue weighted by Crippen LogP contribution is -2.14. The van der Waals surface area contributed by atoms with E-state index in [4.69, 9.17) is 0 Å². The van der Waals surface area contributed by atoms with E-state index >= 15 is 0 Å². The standard InChI is InChI=1S/C15H22Si/c1-9-12(15(3,4)5)7-6-11-8-13(16)10(2)14(9)11/h6-7H,8H2,1-5,16H3. The van der Waals surface area contributed by atoms with Crippen LogP contribution in [-0.4, -0.2) is 10.2 Å². The number of rotatable bonds is 0. The summed E-state index contributed by atoms with van der Waals surface area (Å²) in [5.41, 5.74) is 7.93. The third-order valence-corrected chi connectivity index (χ3v) is 4.93. The lowest BCUT2D eigenvalue weighted by molar-refractivity contribution is 0.585. The average molecular weight is 230 g/mol. The van der Waals surface area contributed by atoms with Gasteiger partial charge in [0.25, 0.3) is 0 Å². The fourth-order valence-electron chi connectivity index (χ4n) is 2.88. The minimum Gasteiger partial charge on any atom is -0.0840 e. The lowest BCUT2D eigenvalue weighted by Gasteiger charge is -2.24. The van der Waals surface area contributed by atoms with Crippen molar-refractivity contribution in [2.45, 2.75) is 46.5 Å². The molecule has 0 amide bonds. The summed E-state index contributed by atoms with van der Waals surface area (Å²) in [5.74, 6) is 0. The molecule has 1 aliphatic carbocycles. The molecule has 0 unspecified atom stereocenters. The molecule has 0 spiro atoms. The first-order valence-electron chi connectivity index (χ1n) is 6.12. The molecule has 0 aromatic heterocycles. The van der Waals surface area contributed by atoms with Gasteiger partial charge < -0.3 is 0 Å². The van der Waals surface area contributed by atoms with Gasteiger partial charge in [-0.15, -0.1) is 0 Å². The van der Waals surface area contributed by atoms with Gasteiger partial charge in [-0.1, -0.05) is 38.1 Å². The average Bonchev–Trinajstić information content (AvgIpc) is 2.41. The molecule has 1 heteroatoms. The maximum absolute atomic E-state index is 2.34. The number of allylic oxidation sites excluding steroid dienone is 2. The van der Waals surface area contributed by atoms with Crippen LogP contribution in [0.4, 0.5) is 0 Å². The van der Waals surface area contributed by atoms with Crippen LogP contribution < -0.4 is 0 Å². The quantitative estimate of drug-likeness (QED) is 0.601. The van der Waals surface area contributed by atoms with E-state index in [9.17, 15) is 0 Å². The van der Waals surface area contributed by atoms with Crippen molar-refractivity contribution in [2.24, 2.45) is 0 Å². The van der Waals surface area contributed by atoms with E-state index in [1.165, 1.54) is 27.8 Å². The first-order chi connectivity index (χ1) is 7.32. The third kappa shape index (κ3) is 1.67. The van der Waals surface area contributed by atoms with Gasteiger partial charge in [0.15, 0.2) is 0 Å². The van der Waals surface area contributed by atoms with E-state index in [1.807, 2.05) is 0 Å². The summed E-state index contributed by atoms with van der Waals surface area (Å²) in [7, 11) is 1.21. The summed E-state index contributed by atoms with van der Waals surface area (Å²) in [6, 6.07) is 4.68. The van der Waals surface area contributed by atoms with E-state index in [0.717, 1.165) is 0 Å². The summed E-state index contributed by atoms with van der Waals surface area (Å²) >= 11 is 0. The predicted octanol–water partition coefficient (Wildman–Crippen LogP) is 2.95. The van der Waals surface area contributed by atoms with Crippen molar-refractivity contribution >= 4 is 15.8 Å². The number of fused-ring (bicyclic) bond motifs is 1. The molecular formula is C15H22Si. The maximum Gasteiger partial charge on any atom is 0.0341 e. The minimum atomic E-state index is 0.257. The van der Waals surface area contributed by atoms with Crippen LogP contribution in [0.25, 0.3) is 5.57 Å². The molecule has 0 radical (unpaired) electrons. The normalized spacial score (nSPS) is 15.8. The van der Waals surface area contributed by atoms with E-state index < -0.39 is 0 Å². The Morgan fingerprint density at radius 3 is 2.31 bits per heavy atom. The van der Waals surface area contributed by atoms with Gasteiger partial charge in [0, 0.05) is 10.2 Å².